The molecule has 0 saturated carbocycles. The van der Waals surface area contributed by atoms with E-state index in [0.29, 0.717) is 54.0 Å². The van der Waals surface area contributed by atoms with Crippen LogP contribution in [-0.2, 0) is 10.5 Å². The van der Waals surface area contributed by atoms with E-state index in [4.69, 9.17) is 21.1 Å². The molecule has 0 atom stereocenters. The van der Waals surface area contributed by atoms with E-state index < -0.39 is 0 Å². The summed E-state index contributed by atoms with van der Waals surface area (Å²) >= 11 is 7.48. The van der Waals surface area contributed by atoms with Crippen LogP contribution in [-0.4, -0.2) is 67.8 Å². The Bertz CT molecular complexity index is 883. The van der Waals surface area contributed by atoms with E-state index >= 15 is 0 Å². The minimum Gasteiger partial charge on any atom is -0.493 e. The molecule has 1 fully saturated rings. The van der Waals surface area contributed by atoms with Gasteiger partial charge in [-0.3, -0.25) is 9.59 Å². The Kier molecular flexibility index (Phi) is 7.87. The first-order chi connectivity index (χ1) is 14.5. The molecule has 0 unspecified atom stereocenters. The molecule has 160 valence electrons. The monoisotopic (exact) mass is 448 g/mol. The SMILES string of the molecule is COc1ccc(C(=O)N2CCN(C(=O)CSCc3ccc(Cl)cc3)CC2)cc1OC. The van der Waals surface area contributed by atoms with Gasteiger partial charge in [0.2, 0.25) is 5.91 Å². The number of ether oxygens (including phenoxy) is 2. The molecular weight excluding hydrogens is 424 g/mol. The van der Waals surface area contributed by atoms with E-state index in [0.717, 1.165) is 11.3 Å². The van der Waals surface area contributed by atoms with Gasteiger partial charge in [-0.15, -0.1) is 11.8 Å². The van der Waals surface area contributed by atoms with Crippen molar-refractivity contribution in [1.29, 1.82) is 0 Å². The Labute approximate surface area is 186 Å². The van der Waals surface area contributed by atoms with Crippen molar-refractivity contribution in [2.75, 3.05) is 46.2 Å². The van der Waals surface area contributed by atoms with Gasteiger partial charge in [0.1, 0.15) is 0 Å². The quantitative estimate of drug-likeness (QED) is 0.648. The first-order valence-corrected chi connectivity index (χ1v) is 11.2. The first-order valence-electron chi connectivity index (χ1n) is 9.63. The number of nitrogens with zero attached hydrogens (tertiary/aromatic N) is 2. The number of thioether (sulfide) groups is 1. The summed E-state index contributed by atoms with van der Waals surface area (Å²) in [6, 6.07) is 12.8. The molecule has 2 aromatic carbocycles. The van der Waals surface area contributed by atoms with Gasteiger partial charge in [-0.2, -0.15) is 0 Å². The number of amides is 2. The predicted octanol–water partition coefficient (Wildman–Crippen LogP) is 3.58. The number of hydrogen-bond acceptors (Lipinski definition) is 5. The van der Waals surface area contributed by atoms with Crippen LogP contribution in [0.25, 0.3) is 0 Å². The first kappa shape index (κ1) is 22.3. The highest BCUT2D eigenvalue weighted by Gasteiger charge is 2.25. The van der Waals surface area contributed by atoms with Crippen molar-refractivity contribution in [3.8, 4) is 11.5 Å². The summed E-state index contributed by atoms with van der Waals surface area (Å²) in [7, 11) is 3.10. The van der Waals surface area contributed by atoms with E-state index in [-0.39, 0.29) is 11.8 Å². The van der Waals surface area contributed by atoms with Crippen molar-refractivity contribution >= 4 is 35.2 Å². The van der Waals surface area contributed by atoms with Gasteiger partial charge in [-0.05, 0) is 35.9 Å². The normalized spacial score (nSPS) is 13.8. The lowest BCUT2D eigenvalue weighted by Crippen LogP contribution is -2.51. The van der Waals surface area contributed by atoms with E-state index in [2.05, 4.69) is 0 Å². The third-order valence-electron chi connectivity index (χ3n) is 4.96. The van der Waals surface area contributed by atoms with Crippen LogP contribution in [0.4, 0.5) is 0 Å². The molecule has 0 aliphatic carbocycles. The van der Waals surface area contributed by atoms with Gasteiger partial charge in [-0.25, -0.2) is 0 Å². The fraction of sp³-hybridized carbons (Fsp3) is 0.364. The Balaban J connectivity index is 1.47. The van der Waals surface area contributed by atoms with E-state index in [1.165, 1.54) is 0 Å². The molecule has 2 aromatic rings. The largest absolute Gasteiger partial charge is 0.493 e. The molecular formula is C22H25ClN2O4S. The lowest BCUT2D eigenvalue weighted by Gasteiger charge is -2.35. The van der Waals surface area contributed by atoms with Crippen LogP contribution in [0.2, 0.25) is 5.02 Å². The van der Waals surface area contributed by atoms with Crippen LogP contribution in [0.15, 0.2) is 42.5 Å². The molecule has 0 bridgehead atoms. The maximum Gasteiger partial charge on any atom is 0.254 e. The average Bonchev–Trinajstić information content (AvgIpc) is 2.79. The number of carbonyl (C=O) groups excluding carboxylic acids is 2. The van der Waals surface area contributed by atoms with Crippen molar-refractivity contribution in [3.63, 3.8) is 0 Å². The van der Waals surface area contributed by atoms with Gasteiger partial charge in [-0.1, -0.05) is 23.7 Å². The molecule has 30 heavy (non-hydrogen) atoms. The lowest BCUT2D eigenvalue weighted by molar-refractivity contribution is -0.129. The van der Waals surface area contributed by atoms with Gasteiger partial charge < -0.3 is 19.3 Å². The molecule has 2 amide bonds. The fourth-order valence-corrected chi connectivity index (χ4v) is 4.25. The summed E-state index contributed by atoms with van der Waals surface area (Å²) in [5.74, 6) is 2.33. The second kappa shape index (κ2) is 10.6. The molecule has 1 saturated heterocycles. The van der Waals surface area contributed by atoms with Crippen molar-refractivity contribution in [1.82, 2.24) is 9.80 Å². The summed E-state index contributed by atoms with van der Waals surface area (Å²) in [5, 5.41) is 0.709. The molecule has 0 N–H and O–H groups in total. The molecule has 3 rings (SSSR count). The van der Waals surface area contributed by atoms with Gasteiger partial charge in [0.25, 0.3) is 5.91 Å². The Morgan fingerprint density at radius 2 is 1.57 bits per heavy atom. The molecule has 0 spiro atoms. The second-order valence-electron chi connectivity index (χ2n) is 6.86. The third-order valence-corrected chi connectivity index (χ3v) is 6.20. The van der Waals surface area contributed by atoms with Gasteiger partial charge in [0.15, 0.2) is 11.5 Å². The number of halogens is 1. The molecule has 1 aliphatic rings. The zero-order valence-electron chi connectivity index (χ0n) is 17.1. The van der Waals surface area contributed by atoms with Crippen LogP contribution < -0.4 is 9.47 Å². The van der Waals surface area contributed by atoms with Crippen LogP contribution in [0.1, 0.15) is 15.9 Å². The topological polar surface area (TPSA) is 59.1 Å². The Morgan fingerprint density at radius 1 is 0.933 bits per heavy atom. The van der Waals surface area contributed by atoms with Crippen molar-refractivity contribution < 1.29 is 19.1 Å². The highest BCUT2D eigenvalue weighted by Crippen LogP contribution is 2.28. The molecule has 8 heteroatoms. The number of piperazine rings is 1. The zero-order valence-corrected chi connectivity index (χ0v) is 18.7. The molecule has 0 radical (unpaired) electrons. The molecule has 1 heterocycles. The summed E-state index contributed by atoms with van der Waals surface area (Å²) in [4.78, 5) is 28.9. The highest BCUT2D eigenvalue weighted by atomic mass is 35.5. The number of hydrogen-bond donors (Lipinski definition) is 0. The minimum absolute atomic E-state index is 0.0693. The maximum absolute atomic E-state index is 12.8. The predicted molar refractivity (Wildman–Crippen MR) is 120 cm³/mol. The average molecular weight is 449 g/mol. The smallest absolute Gasteiger partial charge is 0.254 e. The number of benzene rings is 2. The number of methoxy groups -OCH3 is 2. The lowest BCUT2D eigenvalue weighted by atomic mass is 10.1. The van der Waals surface area contributed by atoms with Crippen LogP contribution in [0, 0.1) is 0 Å². The highest BCUT2D eigenvalue weighted by molar-refractivity contribution is 7.99. The van der Waals surface area contributed by atoms with Crippen molar-refractivity contribution in [2.45, 2.75) is 5.75 Å². The summed E-state index contributed by atoms with van der Waals surface area (Å²) in [5.41, 5.74) is 1.69. The number of carbonyl (C=O) groups is 2. The summed E-state index contributed by atoms with van der Waals surface area (Å²) in [6.45, 7) is 2.11. The van der Waals surface area contributed by atoms with Crippen LogP contribution >= 0.6 is 23.4 Å². The van der Waals surface area contributed by atoms with E-state index in [1.54, 1.807) is 49.1 Å². The van der Waals surface area contributed by atoms with Gasteiger partial charge in [0, 0.05) is 42.5 Å². The van der Waals surface area contributed by atoms with Gasteiger partial charge >= 0.3 is 0 Å². The molecule has 1 aliphatic heterocycles. The molecule has 6 nitrogen and oxygen atoms in total. The summed E-state index contributed by atoms with van der Waals surface area (Å²) in [6.07, 6.45) is 0. The Morgan fingerprint density at radius 3 is 2.20 bits per heavy atom. The fourth-order valence-electron chi connectivity index (χ4n) is 3.24. The summed E-state index contributed by atoms with van der Waals surface area (Å²) < 4.78 is 10.5. The third kappa shape index (κ3) is 5.61. The standard InChI is InChI=1S/C22H25ClN2O4S/c1-28-19-8-5-17(13-20(19)29-2)22(27)25-11-9-24(10-12-25)21(26)15-30-14-16-3-6-18(23)7-4-16/h3-8,13H,9-12,14-15H2,1-2H3. The van der Waals surface area contributed by atoms with Gasteiger partial charge in [0.05, 0.1) is 20.0 Å². The van der Waals surface area contributed by atoms with E-state index in [9.17, 15) is 9.59 Å². The molecule has 0 aromatic heterocycles. The zero-order chi connectivity index (χ0) is 21.5. The number of rotatable bonds is 7. The maximum atomic E-state index is 12.8. The van der Waals surface area contributed by atoms with Crippen LogP contribution in [0.5, 0.6) is 11.5 Å². The minimum atomic E-state index is -0.0693. The second-order valence-corrected chi connectivity index (χ2v) is 8.28. The van der Waals surface area contributed by atoms with Crippen molar-refractivity contribution in [3.05, 3.63) is 58.6 Å². The van der Waals surface area contributed by atoms with Crippen LogP contribution in [0.3, 0.4) is 0 Å². The van der Waals surface area contributed by atoms with Crippen molar-refractivity contribution in [2.24, 2.45) is 0 Å². The Hall–Kier alpha value is -2.38. The van der Waals surface area contributed by atoms with E-state index in [1.807, 2.05) is 29.2 Å².